The Hall–Kier alpha value is -4.57. The standard InChI is InChI=1S/C28H22F2N8/c29-19-5-3-17(4-6-19)20-12-32-13-22-26(20)35-28(34-22)27-23-21(36-37-27)14-33-25(24(23)30)18-9-16(10-31-11-18)15-38-7-1-2-8-38/h3-6,9-14H,1-2,7-8,15H2,(H,34,35)(H,36,37). The zero-order chi connectivity index (χ0) is 25.6. The number of imidazole rings is 1. The maximum Gasteiger partial charge on any atom is 0.161 e. The molecular weight excluding hydrogens is 486 g/mol. The van der Waals surface area contributed by atoms with Gasteiger partial charge in [-0.25, -0.2) is 13.8 Å². The SMILES string of the molecule is Fc1ccc(-c2cncc3[nH]c(-c4n[nH]c5cnc(-c6cncc(CN7CCCC7)c6)c(F)c45)nc23)cc1. The van der Waals surface area contributed by atoms with Crippen molar-refractivity contribution >= 4 is 21.9 Å². The van der Waals surface area contributed by atoms with E-state index < -0.39 is 5.82 Å². The van der Waals surface area contributed by atoms with Crippen molar-refractivity contribution in [2.24, 2.45) is 0 Å². The average Bonchev–Trinajstić information content (AvgIpc) is 3.69. The first-order chi connectivity index (χ1) is 18.6. The lowest BCUT2D eigenvalue weighted by molar-refractivity contribution is 0.331. The number of aromatic nitrogens is 7. The summed E-state index contributed by atoms with van der Waals surface area (Å²) in [5.74, 6) is -0.431. The number of pyridine rings is 3. The maximum absolute atomic E-state index is 16.1. The van der Waals surface area contributed by atoms with E-state index in [9.17, 15) is 4.39 Å². The third kappa shape index (κ3) is 3.90. The third-order valence-corrected chi connectivity index (χ3v) is 6.99. The summed E-state index contributed by atoms with van der Waals surface area (Å²) in [4.78, 5) is 23.4. The molecule has 1 aliphatic rings. The van der Waals surface area contributed by atoms with Crippen LogP contribution < -0.4 is 0 Å². The fourth-order valence-corrected chi connectivity index (χ4v) is 5.14. The number of nitrogens with one attached hydrogen (secondary N) is 2. The van der Waals surface area contributed by atoms with Crippen molar-refractivity contribution in [3.05, 3.63) is 78.5 Å². The van der Waals surface area contributed by atoms with Gasteiger partial charge >= 0.3 is 0 Å². The van der Waals surface area contributed by atoms with Crippen molar-refractivity contribution in [3.63, 3.8) is 0 Å². The lowest BCUT2D eigenvalue weighted by Gasteiger charge is -2.14. The predicted octanol–water partition coefficient (Wildman–Crippen LogP) is 5.50. The molecule has 188 valence electrons. The van der Waals surface area contributed by atoms with Gasteiger partial charge in [-0.1, -0.05) is 12.1 Å². The van der Waals surface area contributed by atoms with E-state index in [2.05, 4.69) is 35.0 Å². The monoisotopic (exact) mass is 508 g/mol. The van der Waals surface area contributed by atoms with Gasteiger partial charge in [0.1, 0.15) is 17.2 Å². The average molecular weight is 509 g/mol. The first kappa shape index (κ1) is 22.6. The molecule has 6 heterocycles. The van der Waals surface area contributed by atoms with Gasteiger partial charge < -0.3 is 4.98 Å². The Morgan fingerprint density at radius 2 is 1.66 bits per heavy atom. The van der Waals surface area contributed by atoms with Crippen LogP contribution in [0.4, 0.5) is 8.78 Å². The largest absolute Gasteiger partial charge is 0.335 e. The van der Waals surface area contributed by atoms with E-state index in [1.807, 2.05) is 12.3 Å². The summed E-state index contributed by atoms with van der Waals surface area (Å²) in [5.41, 5.74) is 5.43. The Bertz CT molecular complexity index is 1780. The molecular formula is C28H22F2N8. The van der Waals surface area contributed by atoms with Crippen molar-refractivity contribution < 1.29 is 8.78 Å². The van der Waals surface area contributed by atoms with Crippen molar-refractivity contribution in [2.75, 3.05) is 13.1 Å². The second-order valence-electron chi connectivity index (χ2n) is 9.52. The number of aromatic amines is 2. The molecule has 1 saturated heterocycles. The fraction of sp³-hybridized carbons (Fsp3) is 0.179. The number of H-pyrrole nitrogens is 2. The Kier molecular flexibility index (Phi) is 5.40. The molecule has 2 N–H and O–H groups in total. The molecule has 1 fully saturated rings. The molecule has 6 aromatic rings. The van der Waals surface area contributed by atoms with Gasteiger partial charge in [0, 0.05) is 36.3 Å². The summed E-state index contributed by atoms with van der Waals surface area (Å²) in [6, 6.07) is 8.08. The normalized spacial score (nSPS) is 14.2. The first-order valence-electron chi connectivity index (χ1n) is 12.4. The lowest BCUT2D eigenvalue weighted by Crippen LogP contribution is -2.18. The van der Waals surface area contributed by atoms with Crippen LogP contribution in [0.15, 0.2) is 61.3 Å². The van der Waals surface area contributed by atoms with Gasteiger partial charge in [0.15, 0.2) is 11.6 Å². The minimum atomic E-state index is -0.497. The predicted molar refractivity (Wildman–Crippen MR) is 140 cm³/mol. The van der Waals surface area contributed by atoms with E-state index in [-0.39, 0.29) is 16.9 Å². The first-order valence-corrected chi connectivity index (χ1v) is 12.4. The van der Waals surface area contributed by atoms with Gasteiger partial charge in [-0.3, -0.25) is 25.0 Å². The van der Waals surface area contributed by atoms with Crippen molar-refractivity contribution in [1.29, 1.82) is 0 Å². The number of benzene rings is 1. The quantitative estimate of drug-likeness (QED) is 0.319. The molecule has 0 saturated carbocycles. The molecule has 8 nitrogen and oxygen atoms in total. The van der Waals surface area contributed by atoms with E-state index in [1.54, 1.807) is 36.9 Å². The molecule has 5 aromatic heterocycles. The highest BCUT2D eigenvalue weighted by Gasteiger charge is 2.22. The zero-order valence-corrected chi connectivity index (χ0v) is 20.2. The van der Waals surface area contributed by atoms with Crippen LogP contribution in [0.2, 0.25) is 0 Å². The van der Waals surface area contributed by atoms with Crippen LogP contribution in [0.5, 0.6) is 0 Å². The van der Waals surface area contributed by atoms with Crippen molar-refractivity contribution in [2.45, 2.75) is 19.4 Å². The number of hydrogen-bond donors (Lipinski definition) is 2. The van der Waals surface area contributed by atoms with Crippen LogP contribution in [-0.2, 0) is 6.54 Å². The topological polar surface area (TPSA) is 99.3 Å². The molecule has 10 heteroatoms. The van der Waals surface area contributed by atoms with Crippen LogP contribution in [0.25, 0.3) is 55.8 Å². The molecule has 38 heavy (non-hydrogen) atoms. The summed E-state index contributed by atoms with van der Waals surface area (Å²) >= 11 is 0. The number of halogens is 2. The smallest absolute Gasteiger partial charge is 0.161 e. The molecule has 0 radical (unpaired) electrons. The maximum atomic E-state index is 16.1. The highest BCUT2D eigenvalue weighted by Crippen LogP contribution is 2.34. The van der Waals surface area contributed by atoms with E-state index in [0.29, 0.717) is 33.6 Å². The molecule has 0 aliphatic carbocycles. The molecule has 1 aromatic carbocycles. The van der Waals surface area contributed by atoms with E-state index >= 15 is 4.39 Å². The number of fused-ring (bicyclic) bond motifs is 2. The Morgan fingerprint density at radius 1 is 0.842 bits per heavy atom. The molecule has 0 spiro atoms. The summed E-state index contributed by atoms with van der Waals surface area (Å²) in [7, 11) is 0. The molecule has 0 atom stereocenters. The van der Waals surface area contributed by atoms with Gasteiger partial charge in [0.25, 0.3) is 0 Å². The number of rotatable bonds is 5. The van der Waals surface area contributed by atoms with E-state index in [0.717, 1.165) is 36.3 Å². The third-order valence-electron chi connectivity index (χ3n) is 6.99. The summed E-state index contributed by atoms with van der Waals surface area (Å²) < 4.78 is 29.5. The Labute approximate surface area is 215 Å². The molecule has 0 unspecified atom stereocenters. The minimum Gasteiger partial charge on any atom is -0.335 e. The van der Waals surface area contributed by atoms with Crippen LogP contribution in [0, 0.1) is 11.6 Å². The van der Waals surface area contributed by atoms with Gasteiger partial charge in [0.2, 0.25) is 0 Å². The Morgan fingerprint density at radius 3 is 2.50 bits per heavy atom. The summed E-state index contributed by atoms with van der Waals surface area (Å²) in [6.45, 7) is 2.92. The molecule has 0 bridgehead atoms. The van der Waals surface area contributed by atoms with Crippen LogP contribution in [-0.4, -0.2) is 53.1 Å². The number of likely N-dealkylation sites (tertiary alicyclic amines) is 1. The number of hydrogen-bond acceptors (Lipinski definition) is 6. The van der Waals surface area contributed by atoms with Gasteiger partial charge in [-0.2, -0.15) is 5.10 Å². The van der Waals surface area contributed by atoms with Crippen LogP contribution in [0.3, 0.4) is 0 Å². The second-order valence-corrected chi connectivity index (χ2v) is 9.52. The van der Waals surface area contributed by atoms with Gasteiger partial charge in [-0.05, 0) is 55.3 Å². The fourth-order valence-electron chi connectivity index (χ4n) is 5.14. The summed E-state index contributed by atoms with van der Waals surface area (Å²) in [6.07, 6.45) is 10.8. The lowest BCUT2D eigenvalue weighted by atomic mass is 10.1. The minimum absolute atomic E-state index is 0.209. The Balaban J connectivity index is 1.31. The number of nitrogens with zero attached hydrogens (tertiary/aromatic N) is 6. The second kappa shape index (κ2) is 9.07. The molecule has 7 rings (SSSR count). The van der Waals surface area contributed by atoms with Gasteiger partial charge in [-0.15, -0.1) is 0 Å². The molecule has 0 amide bonds. The molecule has 1 aliphatic heterocycles. The van der Waals surface area contributed by atoms with Crippen molar-refractivity contribution in [3.8, 4) is 33.9 Å². The summed E-state index contributed by atoms with van der Waals surface area (Å²) in [5, 5.41) is 7.52. The van der Waals surface area contributed by atoms with E-state index in [4.69, 9.17) is 4.98 Å². The van der Waals surface area contributed by atoms with Crippen LogP contribution >= 0.6 is 0 Å². The van der Waals surface area contributed by atoms with Crippen molar-refractivity contribution in [1.82, 2.24) is 40.0 Å². The van der Waals surface area contributed by atoms with Gasteiger partial charge in [0.05, 0.1) is 34.3 Å². The van der Waals surface area contributed by atoms with E-state index in [1.165, 1.54) is 25.0 Å². The van der Waals surface area contributed by atoms with Crippen LogP contribution in [0.1, 0.15) is 18.4 Å². The zero-order valence-electron chi connectivity index (χ0n) is 20.2. The highest BCUT2D eigenvalue weighted by atomic mass is 19.1. The highest BCUT2D eigenvalue weighted by molar-refractivity contribution is 5.97.